The van der Waals surface area contributed by atoms with Crippen molar-refractivity contribution in [2.24, 2.45) is 11.7 Å². The number of nitrogens with two attached hydrogens (primary N) is 1. The van der Waals surface area contributed by atoms with Crippen molar-refractivity contribution in [3.05, 3.63) is 53.9 Å². The summed E-state index contributed by atoms with van der Waals surface area (Å²) in [5.74, 6) is 0.739. The molecule has 0 saturated carbocycles. The molecule has 1 heterocycles. The lowest BCUT2D eigenvalue weighted by Crippen LogP contribution is -2.15. The van der Waals surface area contributed by atoms with Crippen LogP contribution in [0.4, 0.5) is 0 Å². The molecule has 96 valence electrons. The number of phenolic OH excluding ortho intramolecular Hbond substituents is 1. The summed E-state index contributed by atoms with van der Waals surface area (Å²) in [5, 5.41) is 9.24. The van der Waals surface area contributed by atoms with Crippen LogP contribution in [-0.4, -0.2) is 9.67 Å². The number of aromatic nitrogens is 1. The standard InChI is InChI=1S/C15H20N2O/c1-11(2)15(16)13-7-8-17(10-13)9-12-3-5-14(18)6-4-12/h3-8,10-11,15,18H,9,16H2,1-2H3. The lowest BCUT2D eigenvalue weighted by atomic mass is 10.00. The monoisotopic (exact) mass is 244 g/mol. The van der Waals surface area contributed by atoms with Gasteiger partial charge in [-0.25, -0.2) is 0 Å². The van der Waals surface area contributed by atoms with Crippen molar-refractivity contribution in [2.75, 3.05) is 0 Å². The largest absolute Gasteiger partial charge is 0.508 e. The molecule has 2 rings (SSSR count). The van der Waals surface area contributed by atoms with Crippen LogP contribution in [-0.2, 0) is 6.54 Å². The Kier molecular flexibility index (Phi) is 3.72. The highest BCUT2D eigenvalue weighted by atomic mass is 16.3. The van der Waals surface area contributed by atoms with E-state index in [0.29, 0.717) is 11.7 Å². The molecular weight excluding hydrogens is 224 g/mol. The first kappa shape index (κ1) is 12.7. The van der Waals surface area contributed by atoms with E-state index < -0.39 is 0 Å². The number of phenols is 1. The first-order valence-corrected chi connectivity index (χ1v) is 6.25. The molecule has 0 radical (unpaired) electrons. The first-order chi connectivity index (χ1) is 8.56. The fraction of sp³-hybridized carbons (Fsp3) is 0.333. The average molecular weight is 244 g/mol. The zero-order chi connectivity index (χ0) is 13.1. The maximum absolute atomic E-state index is 9.24. The molecule has 1 aromatic heterocycles. The molecule has 3 heteroatoms. The van der Waals surface area contributed by atoms with Crippen LogP contribution in [0.25, 0.3) is 0 Å². The molecule has 0 fully saturated rings. The summed E-state index contributed by atoms with van der Waals surface area (Å²) in [5.41, 5.74) is 8.45. The lowest BCUT2D eigenvalue weighted by molar-refractivity contribution is 0.475. The normalized spacial score (nSPS) is 12.9. The Morgan fingerprint density at radius 3 is 2.44 bits per heavy atom. The minimum Gasteiger partial charge on any atom is -0.508 e. The van der Waals surface area contributed by atoms with Gasteiger partial charge in [0.15, 0.2) is 0 Å². The second-order valence-electron chi connectivity index (χ2n) is 5.05. The van der Waals surface area contributed by atoms with Gasteiger partial charge in [0, 0.05) is 25.0 Å². The molecule has 0 saturated heterocycles. The number of hydrogen-bond donors (Lipinski definition) is 2. The van der Waals surface area contributed by atoms with Gasteiger partial charge in [-0.2, -0.15) is 0 Å². The van der Waals surface area contributed by atoms with E-state index in [1.54, 1.807) is 12.1 Å². The van der Waals surface area contributed by atoms with Crippen LogP contribution in [0.2, 0.25) is 0 Å². The van der Waals surface area contributed by atoms with Crippen LogP contribution in [0.15, 0.2) is 42.7 Å². The van der Waals surface area contributed by atoms with Crippen molar-refractivity contribution in [1.82, 2.24) is 4.57 Å². The van der Waals surface area contributed by atoms with Gasteiger partial charge in [0.2, 0.25) is 0 Å². The predicted molar refractivity (Wildman–Crippen MR) is 73.4 cm³/mol. The molecule has 0 amide bonds. The van der Waals surface area contributed by atoms with Crippen molar-refractivity contribution >= 4 is 0 Å². The summed E-state index contributed by atoms with van der Waals surface area (Å²) in [6.45, 7) is 5.05. The molecule has 0 aliphatic heterocycles. The molecule has 18 heavy (non-hydrogen) atoms. The fourth-order valence-corrected chi connectivity index (χ4v) is 1.95. The Bertz CT molecular complexity index is 499. The zero-order valence-corrected chi connectivity index (χ0v) is 10.9. The van der Waals surface area contributed by atoms with E-state index in [1.807, 2.05) is 18.3 Å². The van der Waals surface area contributed by atoms with Crippen molar-refractivity contribution in [2.45, 2.75) is 26.4 Å². The van der Waals surface area contributed by atoms with Gasteiger partial charge in [-0.15, -0.1) is 0 Å². The molecule has 2 aromatic rings. The van der Waals surface area contributed by atoms with E-state index >= 15 is 0 Å². The minimum atomic E-state index is 0.0890. The molecule has 1 unspecified atom stereocenters. The van der Waals surface area contributed by atoms with E-state index in [9.17, 15) is 5.11 Å². The Hall–Kier alpha value is -1.74. The maximum Gasteiger partial charge on any atom is 0.115 e. The highest BCUT2D eigenvalue weighted by Crippen LogP contribution is 2.19. The molecular formula is C15H20N2O. The Labute approximate surface area is 108 Å². The highest BCUT2D eigenvalue weighted by Gasteiger charge is 2.11. The van der Waals surface area contributed by atoms with Crippen LogP contribution in [0.1, 0.15) is 31.0 Å². The number of rotatable bonds is 4. The van der Waals surface area contributed by atoms with Crippen molar-refractivity contribution < 1.29 is 5.11 Å². The number of benzene rings is 1. The van der Waals surface area contributed by atoms with Gasteiger partial charge < -0.3 is 15.4 Å². The highest BCUT2D eigenvalue weighted by molar-refractivity contribution is 5.26. The molecule has 0 bridgehead atoms. The quantitative estimate of drug-likeness (QED) is 0.868. The minimum absolute atomic E-state index is 0.0890. The molecule has 0 aliphatic carbocycles. The fourth-order valence-electron chi connectivity index (χ4n) is 1.95. The van der Waals surface area contributed by atoms with Gasteiger partial charge in [0.1, 0.15) is 5.75 Å². The number of aromatic hydroxyl groups is 1. The average Bonchev–Trinajstić information content (AvgIpc) is 2.79. The summed E-state index contributed by atoms with van der Waals surface area (Å²) in [4.78, 5) is 0. The van der Waals surface area contributed by atoms with Crippen molar-refractivity contribution in [3.63, 3.8) is 0 Å². The SMILES string of the molecule is CC(C)C(N)c1ccn(Cc2ccc(O)cc2)c1. The van der Waals surface area contributed by atoms with E-state index in [0.717, 1.165) is 12.1 Å². The maximum atomic E-state index is 9.24. The first-order valence-electron chi connectivity index (χ1n) is 6.25. The van der Waals surface area contributed by atoms with Crippen LogP contribution in [0.5, 0.6) is 5.75 Å². The summed E-state index contributed by atoms with van der Waals surface area (Å²) in [7, 11) is 0. The molecule has 0 aliphatic rings. The second-order valence-corrected chi connectivity index (χ2v) is 5.05. The molecule has 1 atom stereocenters. The van der Waals surface area contributed by atoms with Gasteiger partial charge in [0.05, 0.1) is 0 Å². The molecule has 3 N–H and O–H groups in total. The van der Waals surface area contributed by atoms with Crippen LogP contribution in [0, 0.1) is 5.92 Å². The Morgan fingerprint density at radius 2 is 1.83 bits per heavy atom. The van der Waals surface area contributed by atoms with E-state index in [-0.39, 0.29) is 6.04 Å². The molecule has 3 nitrogen and oxygen atoms in total. The van der Waals surface area contributed by atoms with Gasteiger partial charge in [-0.1, -0.05) is 26.0 Å². The smallest absolute Gasteiger partial charge is 0.115 e. The van der Waals surface area contributed by atoms with Crippen LogP contribution >= 0.6 is 0 Å². The summed E-state index contributed by atoms with van der Waals surface area (Å²) in [6.07, 6.45) is 4.14. The van der Waals surface area contributed by atoms with Gasteiger partial charge in [0.25, 0.3) is 0 Å². The zero-order valence-electron chi connectivity index (χ0n) is 10.9. The predicted octanol–water partition coefficient (Wildman–Crippen LogP) is 2.90. The third-order valence-electron chi connectivity index (χ3n) is 3.18. The van der Waals surface area contributed by atoms with Crippen LogP contribution in [0.3, 0.4) is 0 Å². The van der Waals surface area contributed by atoms with E-state index in [1.165, 1.54) is 5.56 Å². The second kappa shape index (κ2) is 5.27. The van der Waals surface area contributed by atoms with Gasteiger partial charge in [-0.3, -0.25) is 0 Å². The third kappa shape index (κ3) is 2.93. The summed E-state index contributed by atoms with van der Waals surface area (Å²) >= 11 is 0. The van der Waals surface area contributed by atoms with Crippen molar-refractivity contribution in [1.29, 1.82) is 0 Å². The third-order valence-corrected chi connectivity index (χ3v) is 3.18. The topological polar surface area (TPSA) is 51.2 Å². The Balaban J connectivity index is 2.09. The van der Waals surface area contributed by atoms with Crippen molar-refractivity contribution in [3.8, 4) is 5.75 Å². The number of nitrogens with zero attached hydrogens (tertiary/aromatic N) is 1. The lowest BCUT2D eigenvalue weighted by Gasteiger charge is -2.13. The molecule has 1 aromatic carbocycles. The van der Waals surface area contributed by atoms with E-state index in [2.05, 4.69) is 30.7 Å². The van der Waals surface area contributed by atoms with E-state index in [4.69, 9.17) is 5.73 Å². The van der Waals surface area contributed by atoms with Crippen LogP contribution < -0.4 is 5.73 Å². The Morgan fingerprint density at radius 1 is 1.17 bits per heavy atom. The number of hydrogen-bond acceptors (Lipinski definition) is 2. The van der Waals surface area contributed by atoms with Gasteiger partial charge >= 0.3 is 0 Å². The molecule has 0 spiro atoms. The van der Waals surface area contributed by atoms with Gasteiger partial charge in [-0.05, 0) is 35.2 Å². The summed E-state index contributed by atoms with van der Waals surface area (Å²) in [6, 6.07) is 9.44. The summed E-state index contributed by atoms with van der Waals surface area (Å²) < 4.78 is 2.12.